The molecule has 0 aromatic rings. The molecule has 0 radical (unpaired) electrons. The van der Waals surface area contributed by atoms with Crippen molar-refractivity contribution in [3.8, 4) is 0 Å². The normalized spacial score (nSPS) is 12.8. The summed E-state index contributed by atoms with van der Waals surface area (Å²) in [6, 6.07) is 0. The van der Waals surface area contributed by atoms with Gasteiger partial charge in [0.2, 0.25) is 0 Å². The summed E-state index contributed by atoms with van der Waals surface area (Å²) in [4.78, 5) is 10.8. The number of rotatable bonds is 8. The van der Waals surface area contributed by atoms with E-state index in [1.54, 1.807) is 6.92 Å². The number of hydrogen-bond acceptors (Lipinski definition) is 2. The molecule has 0 rings (SSSR count). The second-order valence-corrected chi connectivity index (χ2v) is 3.82. The van der Waals surface area contributed by atoms with E-state index in [-0.39, 0.29) is 24.5 Å². The number of alkyl halides is 7. The molecule has 20 heavy (non-hydrogen) atoms. The highest BCUT2D eigenvalue weighted by molar-refractivity contribution is 5.84. The topological polar surface area (TPSA) is 29.5 Å². The van der Waals surface area contributed by atoms with Gasteiger partial charge in [0.25, 0.3) is 5.91 Å². The zero-order valence-corrected chi connectivity index (χ0v) is 10.5. The van der Waals surface area contributed by atoms with Crippen LogP contribution in [-0.4, -0.2) is 55.6 Å². The maximum atomic E-state index is 12.8. The minimum Gasteiger partial charge on any atom is -0.382 e. The van der Waals surface area contributed by atoms with Crippen molar-refractivity contribution in [1.29, 1.82) is 0 Å². The average molecular weight is 313 g/mol. The standard InChI is InChI=1S/C10H14F7NO2/c1-2-20-5-3-4-18(6-9(13,14)15)8(19)10(16,17)7(11)12/h7H,2-6H2,1H3. The van der Waals surface area contributed by atoms with Crippen LogP contribution >= 0.6 is 0 Å². The van der Waals surface area contributed by atoms with Crippen LogP contribution in [0.1, 0.15) is 13.3 Å². The third kappa shape index (κ3) is 6.40. The Kier molecular flexibility index (Phi) is 7.25. The van der Waals surface area contributed by atoms with Crippen LogP contribution in [0.5, 0.6) is 0 Å². The molecule has 0 fully saturated rings. The summed E-state index contributed by atoms with van der Waals surface area (Å²) in [5.41, 5.74) is 0. The van der Waals surface area contributed by atoms with Gasteiger partial charge in [-0.2, -0.15) is 22.0 Å². The summed E-state index contributed by atoms with van der Waals surface area (Å²) in [5.74, 6) is -7.68. The van der Waals surface area contributed by atoms with Crippen molar-refractivity contribution in [1.82, 2.24) is 4.90 Å². The summed E-state index contributed by atoms with van der Waals surface area (Å²) < 4.78 is 90.9. The van der Waals surface area contributed by atoms with Gasteiger partial charge < -0.3 is 9.64 Å². The summed E-state index contributed by atoms with van der Waals surface area (Å²) in [5, 5.41) is 0. The van der Waals surface area contributed by atoms with Gasteiger partial charge in [-0.05, 0) is 13.3 Å². The number of carbonyl (C=O) groups is 1. The largest absolute Gasteiger partial charge is 0.406 e. The molecule has 0 bridgehead atoms. The van der Waals surface area contributed by atoms with E-state index in [4.69, 9.17) is 4.74 Å². The predicted octanol–water partition coefficient (Wildman–Crippen LogP) is 2.70. The molecule has 0 saturated carbocycles. The van der Waals surface area contributed by atoms with Crippen molar-refractivity contribution in [2.45, 2.75) is 31.9 Å². The Morgan fingerprint density at radius 2 is 1.75 bits per heavy atom. The summed E-state index contributed by atoms with van der Waals surface area (Å²) >= 11 is 0. The average Bonchev–Trinajstić information content (AvgIpc) is 2.30. The van der Waals surface area contributed by atoms with Crippen LogP contribution in [0.4, 0.5) is 30.7 Å². The maximum absolute atomic E-state index is 12.8. The van der Waals surface area contributed by atoms with E-state index < -0.39 is 37.5 Å². The molecule has 3 nitrogen and oxygen atoms in total. The van der Waals surface area contributed by atoms with Crippen molar-refractivity contribution in [2.24, 2.45) is 0 Å². The Morgan fingerprint density at radius 1 is 1.20 bits per heavy atom. The molecule has 0 N–H and O–H groups in total. The fourth-order valence-corrected chi connectivity index (χ4v) is 1.27. The van der Waals surface area contributed by atoms with Crippen molar-refractivity contribution >= 4 is 5.91 Å². The Morgan fingerprint density at radius 3 is 2.15 bits per heavy atom. The molecule has 0 aromatic carbocycles. The molecular formula is C10H14F7NO2. The van der Waals surface area contributed by atoms with Crippen LogP contribution in [0, 0.1) is 0 Å². The van der Waals surface area contributed by atoms with Crippen LogP contribution in [0.25, 0.3) is 0 Å². The molecular weight excluding hydrogens is 299 g/mol. The van der Waals surface area contributed by atoms with Crippen LogP contribution in [0.15, 0.2) is 0 Å². The minimum atomic E-state index is -5.14. The Balaban J connectivity index is 4.79. The van der Waals surface area contributed by atoms with Gasteiger partial charge >= 0.3 is 18.5 Å². The van der Waals surface area contributed by atoms with Gasteiger partial charge in [0, 0.05) is 19.8 Å². The fourth-order valence-electron chi connectivity index (χ4n) is 1.27. The van der Waals surface area contributed by atoms with Crippen molar-refractivity contribution in [3.05, 3.63) is 0 Å². The van der Waals surface area contributed by atoms with E-state index in [1.807, 2.05) is 0 Å². The van der Waals surface area contributed by atoms with E-state index in [1.165, 1.54) is 0 Å². The second-order valence-electron chi connectivity index (χ2n) is 3.82. The summed E-state index contributed by atoms with van der Waals surface area (Å²) in [6.45, 7) is -0.983. The first-order valence-corrected chi connectivity index (χ1v) is 5.62. The molecule has 1 amide bonds. The monoisotopic (exact) mass is 313 g/mol. The highest BCUT2D eigenvalue weighted by atomic mass is 19.4. The minimum absolute atomic E-state index is 0.0710. The lowest BCUT2D eigenvalue weighted by Crippen LogP contribution is -2.51. The van der Waals surface area contributed by atoms with E-state index in [2.05, 4.69) is 0 Å². The Hall–Kier alpha value is -1.06. The van der Waals surface area contributed by atoms with Gasteiger partial charge in [0.15, 0.2) is 0 Å². The number of halogens is 7. The van der Waals surface area contributed by atoms with Crippen LogP contribution in [0.2, 0.25) is 0 Å². The van der Waals surface area contributed by atoms with Gasteiger partial charge in [0.05, 0.1) is 0 Å². The van der Waals surface area contributed by atoms with E-state index >= 15 is 0 Å². The van der Waals surface area contributed by atoms with Crippen LogP contribution in [-0.2, 0) is 9.53 Å². The number of ether oxygens (including phenoxy) is 1. The molecule has 0 aliphatic rings. The van der Waals surface area contributed by atoms with Gasteiger partial charge in [-0.25, -0.2) is 8.78 Å². The van der Waals surface area contributed by atoms with Gasteiger partial charge in [-0.1, -0.05) is 0 Å². The van der Waals surface area contributed by atoms with E-state index in [0.29, 0.717) is 0 Å². The zero-order valence-electron chi connectivity index (χ0n) is 10.5. The lowest BCUT2D eigenvalue weighted by molar-refractivity contribution is -0.194. The van der Waals surface area contributed by atoms with Gasteiger partial charge in [0.1, 0.15) is 6.54 Å². The Bertz CT molecular complexity index is 306. The first-order valence-electron chi connectivity index (χ1n) is 5.62. The first-order chi connectivity index (χ1) is 9.02. The maximum Gasteiger partial charge on any atom is 0.406 e. The van der Waals surface area contributed by atoms with E-state index in [9.17, 15) is 35.5 Å². The highest BCUT2D eigenvalue weighted by Gasteiger charge is 2.52. The van der Waals surface area contributed by atoms with Gasteiger partial charge in [-0.3, -0.25) is 4.79 Å². The lowest BCUT2D eigenvalue weighted by atomic mass is 10.2. The highest BCUT2D eigenvalue weighted by Crippen LogP contribution is 2.27. The number of carbonyl (C=O) groups excluding carboxylic acids is 1. The quantitative estimate of drug-likeness (QED) is 0.509. The Labute approximate surface area is 110 Å². The molecule has 0 spiro atoms. The molecule has 0 unspecified atom stereocenters. The lowest BCUT2D eigenvalue weighted by Gasteiger charge is -2.27. The second kappa shape index (κ2) is 7.65. The third-order valence-corrected chi connectivity index (χ3v) is 2.14. The van der Waals surface area contributed by atoms with Crippen molar-refractivity contribution in [3.63, 3.8) is 0 Å². The SMILES string of the molecule is CCOCCCN(CC(F)(F)F)C(=O)C(F)(F)C(F)F. The third-order valence-electron chi connectivity index (χ3n) is 2.14. The first kappa shape index (κ1) is 18.9. The smallest absolute Gasteiger partial charge is 0.382 e. The zero-order chi connectivity index (χ0) is 16.0. The molecule has 0 atom stereocenters. The van der Waals surface area contributed by atoms with Crippen molar-refractivity contribution in [2.75, 3.05) is 26.3 Å². The number of hydrogen-bond donors (Lipinski definition) is 0. The van der Waals surface area contributed by atoms with Crippen molar-refractivity contribution < 1.29 is 40.3 Å². The van der Waals surface area contributed by atoms with E-state index in [0.717, 1.165) is 0 Å². The summed E-state index contributed by atoms with van der Waals surface area (Å²) in [7, 11) is 0. The molecule has 10 heteroatoms. The van der Waals surface area contributed by atoms with Crippen LogP contribution < -0.4 is 0 Å². The predicted molar refractivity (Wildman–Crippen MR) is 54.7 cm³/mol. The molecule has 0 saturated heterocycles. The van der Waals surface area contributed by atoms with Crippen LogP contribution in [0.3, 0.4) is 0 Å². The fraction of sp³-hybridized carbons (Fsp3) is 0.900. The number of nitrogens with zero attached hydrogens (tertiary/aromatic N) is 1. The molecule has 0 aliphatic heterocycles. The molecule has 0 heterocycles. The summed E-state index contributed by atoms with van der Waals surface area (Å²) in [6.07, 6.45) is -9.49. The molecule has 0 aliphatic carbocycles. The number of amides is 1. The van der Waals surface area contributed by atoms with Gasteiger partial charge in [-0.15, -0.1) is 0 Å². The molecule has 120 valence electrons. The molecule has 0 aromatic heterocycles.